The lowest BCUT2D eigenvalue weighted by atomic mass is 10.1. The highest BCUT2D eigenvalue weighted by Crippen LogP contribution is 2.21. The van der Waals surface area contributed by atoms with Gasteiger partial charge in [-0.15, -0.1) is 0 Å². The summed E-state index contributed by atoms with van der Waals surface area (Å²) in [7, 11) is 0.0824. The first kappa shape index (κ1) is 22.5. The number of aryl methyl sites for hydroxylation is 2. The molecule has 0 saturated heterocycles. The van der Waals surface area contributed by atoms with Crippen LogP contribution in [0.2, 0.25) is 0 Å². The lowest BCUT2D eigenvalue weighted by molar-refractivity contribution is 0.598. The third-order valence-electron chi connectivity index (χ3n) is 5.24. The fraction of sp³-hybridized carbons (Fsp3) is 0.217. The van der Waals surface area contributed by atoms with E-state index in [0.29, 0.717) is 4.90 Å². The van der Waals surface area contributed by atoms with Crippen LogP contribution in [0.5, 0.6) is 0 Å². The molecule has 7 nitrogen and oxygen atoms in total. The number of nitrogens with one attached hydrogen (secondary N) is 2. The third-order valence-corrected chi connectivity index (χ3v) is 6.40. The maximum absolute atomic E-state index is 12.7. The van der Waals surface area contributed by atoms with Gasteiger partial charge in [0.05, 0.1) is 17.6 Å². The molecule has 0 spiro atoms. The molecule has 2 aromatic carbocycles. The van der Waals surface area contributed by atoms with Crippen molar-refractivity contribution in [1.82, 2.24) is 14.8 Å². The number of anilines is 2. The normalized spacial score (nSPS) is 11.7. The number of rotatable bonds is 7. The van der Waals surface area contributed by atoms with Gasteiger partial charge in [0.2, 0.25) is 0 Å². The number of hydrogen-bond acceptors (Lipinski definition) is 5. The molecule has 1 atom stereocenters. The Kier molecular flexibility index (Phi) is 7.04. The van der Waals surface area contributed by atoms with Crippen LogP contribution in [0.15, 0.2) is 65.7 Å². The van der Waals surface area contributed by atoms with Crippen molar-refractivity contribution in [3.63, 3.8) is 0 Å². The summed E-state index contributed by atoms with van der Waals surface area (Å²) in [6, 6.07) is 18.6. The summed E-state index contributed by atoms with van der Waals surface area (Å²) < 4.78 is 17.5. The molecule has 8 heteroatoms. The fourth-order valence-electron chi connectivity index (χ4n) is 3.44. The second kappa shape index (κ2) is 9.72. The van der Waals surface area contributed by atoms with Gasteiger partial charge in [0, 0.05) is 19.7 Å². The topological polar surface area (TPSA) is 102 Å². The van der Waals surface area contributed by atoms with E-state index in [-0.39, 0.29) is 5.48 Å². The molecule has 0 aliphatic rings. The standard InChI is InChI=1S/C23H25N5OS.H2O/c1-16-23(17(2)28(3)26-16)27-30(29)21-10-11-22(25-15-21)24-13-12-18-8-9-19-6-4-5-7-20(19)14-18;/h4-11,14-15H,12-13H2,1-3H3,(H,24,25)(H,27,29);1H2. The maximum atomic E-state index is 12.7. The van der Waals surface area contributed by atoms with Gasteiger partial charge in [0.25, 0.3) is 0 Å². The molecule has 0 saturated carbocycles. The summed E-state index contributed by atoms with van der Waals surface area (Å²) in [5, 5.41) is 10.2. The van der Waals surface area contributed by atoms with Crippen molar-refractivity contribution in [1.29, 1.82) is 0 Å². The number of thiol groups is 1. The molecule has 1 unspecified atom stereocenters. The van der Waals surface area contributed by atoms with E-state index in [2.05, 4.69) is 62.6 Å². The zero-order valence-electron chi connectivity index (χ0n) is 17.8. The van der Waals surface area contributed by atoms with Crippen molar-refractivity contribution >= 4 is 33.3 Å². The molecule has 4 aromatic rings. The van der Waals surface area contributed by atoms with Crippen LogP contribution in [-0.2, 0) is 28.7 Å². The summed E-state index contributed by atoms with van der Waals surface area (Å²) in [5.41, 5.74) is 3.89. The Bertz CT molecular complexity index is 1200. The first-order chi connectivity index (χ1) is 14.5. The van der Waals surface area contributed by atoms with Gasteiger partial charge >= 0.3 is 0 Å². The van der Waals surface area contributed by atoms with Crippen molar-refractivity contribution in [3.05, 3.63) is 77.7 Å². The number of benzene rings is 2. The largest absolute Gasteiger partial charge is 0.870 e. The first-order valence-corrected chi connectivity index (χ1v) is 11.2. The van der Waals surface area contributed by atoms with Crippen LogP contribution in [0.4, 0.5) is 11.5 Å². The Morgan fingerprint density at radius 3 is 2.48 bits per heavy atom. The van der Waals surface area contributed by atoms with E-state index in [1.54, 1.807) is 10.9 Å². The highest BCUT2D eigenvalue weighted by molar-refractivity contribution is 7.86. The minimum absolute atomic E-state index is 0. The number of nitrogens with zero attached hydrogens (tertiary/aromatic N) is 3. The van der Waals surface area contributed by atoms with Crippen LogP contribution in [-0.4, -0.2) is 26.8 Å². The second-order valence-electron chi connectivity index (χ2n) is 7.34. The molecule has 3 N–H and O–H groups in total. The summed E-state index contributed by atoms with van der Waals surface area (Å²) in [4.78, 5) is 5.08. The maximum Gasteiger partial charge on any atom is 0.198 e. The Morgan fingerprint density at radius 1 is 1.03 bits per heavy atom. The lowest BCUT2D eigenvalue weighted by Crippen LogP contribution is -2.08. The zero-order valence-corrected chi connectivity index (χ0v) is 18.7. The summed E-state index contributed by atoms with van der Waals surface area (Å²) in [6.45, 7) is 4.63. The molecular formula is C23H27N5O2S. The molecule has 0 aliphatic carbocycles. The number of pyridine rings is 1. The molecule has 0 radical (unpaired) electrons. The van der Waals surface area contributed by atoms with Crippen molar-refractivity contribution in [2.45, 2.75) is 25.2 Å². The predicted octanol–water partition coefficient (Wildman–Crippen LogP) is 4.15. The Morgan fingerprint density at radius 2 is 1.81 bits per heavy atom. The van der Waals surface area contributed by atoms with Gasteiger partial charge in [-0.25, -0.2) is 4.98 Å². The summed E-state index contributed by atoms with van der Waals surface area (Å²) in [6.07, 6.45) is 2.56. The predicted molar refractivity (Wildman–Crippen MR) is 126 cm³/mol. The molecule has 0 aliphatic heterocycles. The Labute approximate surface area is 184 Å². The van der Waals surface area contributed by atoms with Gasteiger partial charge in [-0.3, -0.25) is 4.68 Å². The lowest BCUT2D eigenvalue weighted by Gasteiger charge is -2.07. The van der Waals surface area contributed by atoms with E-state index in [0.717, 1.165) is 35.9 Å². The molecular weight excluding hydrogens is 410 g/mol. The fourth-order valence-corrected chi connectivity index (χ4v) is 4.47. The highest BCUT2D eigenvalue weighted by atomic mass is 32.2. The average Bonchev–Trinajstić information content (AvgIpc) is 3.00. The number of fused-ring (bicyclic) bond motifs is 1. The Balaban J connectivity index is 0.00000272. The SMILES string of the molecule is Cc1nn(C)c(C)c1N[SH+](=O)c1ccc(NCCc2ccc3ccccc3c2)nc1.[OH-]. The number of aromatic nitrogens is 3. The van der Waals surface area contributed by atoms with Crippen LogP contribution in [0.25, 0.3) is 10.8 Å². The molecule has 162 valence electrons. The van der Waals surface area contributed by atoms with Crippen LogP contribution in [0.1, 0.15) is 17.0 Å². The minimum Gasteiger partial charge on any atom is -0.870 e. The minimum atomic E-state index is -1.79. The van der Waals surface area contributed by atoms with Gasteiger partial charge in [-0.05, 0) is 42.7 Å². The molecule has 0 bridgehead atoms. The van der Waals surface area contributed by atoms with Crippen LogP contribution in [0, 0.1) is 13.8 Å². The summed E-state index contributed by atoms with van der Waals surface area (Å²) >= 11 is 0. The van der Waals surface area contributed by atoms with E-state index in [9.17, 15) is 4.21 Å². The van der Waals surface area contributed by atoms with Gasteiger partial charge in [-0.2, -0.15) is 9.82 Å². The Hall–Kier alpha value is -3.23. The van der Waals surface area contributed by atoms with Crippen molar-refractivity contribution in [3.8, 4) is 0 Å². The van der Waals surface area contributed by atoms with Crippen molar-refractivity contribution in [2.24, 2.45) is 7.05 Å². The molecule has 4 rings (SSSR count). The van der Waals surface area contributed by atoms with Crippen molar-refractivity contribution in [2.75, 3.05) is 16.6 Å². The highest BCUT2D eigenvalue weighted by Gasteiger charge is 2.17. The number of hydrogen-bond donors (Lipinski definition) is 2. The molecule has 2 heterocycles. The van der Waals surface area contributed by atoms with E-state index >= 15 is 0 Å². The average molecular weight is 438 g/mol. The third kappa shape index (κ3) is 5.10. The van der Waals surface area contributed by atoms with Crippen LogP contribution in [0.3, 0.4) is 0 Å². The van der Waals surface area contributed by atoms with E-state index in [1.165, 1.54) is 16.3 Å². The second-order valence-corrected chi connectivity index (χ2v) is 8.66. The van der Waals surface area contributed by atoms with E-state index in [1.807, 2.05) is 33.0 Å². The smallest absolute Gasteiger partial charge is 0.198 e. The molecule has 2 aromatic heterocycles. The first-order valence-electron chi connectivity index (χ1n) is 9.93. The van der Waals surface area contributed by atoms with Gasteiger partial charge in [0.1, 0.15) is 11.5 Å². The molecule has 0 fully saturated rings. The summed E-state index contributed by atoms with van der Waals surface area (Å²) in [5.74, 6) is 0.775. The van der Waals surface area contributed by atoms with Crippen LogP contribution < -0.4 is 10.0 Å². The molecule has 0 amide bonds. The van der Waals surface area contributed by atoms with Gasteiger partial charge in [-0.1, -0.05) is 46.7 Å². The molecule has 31 heavy (non-hydrogen) atoms. The van der Waals surface area contributed by atoms with E-state index < -0.39 is 11.0 Å². The van der Waals surface area contributed by atoms with Crippen LogP contribution >= 0.6 is 0 Å². The zero-order chi connectivity index (χ0) is 21.1. The quantitative estimate of drug-likeness (QED) is 0.334. The van der Waals surface area contributed by atoms with E-state index in [4.69, 9.17) is 0 Å². The van der Waals surface area contributed by atoms with Gasteiger partial charge in [0.15, 0.2) is 15.9 Å². The monoisotopic (exact) mass is 437 g/mol. The van der Waals surface area contributed by atoms with Crippen molar-refractivity contribution < 1.29 is 9.69 Å². The van der Waals surface area contributed by atoms with Gasteiger partial charge < -0.3 is 10.8 Å².